The summed E-state index contributed by atoms with van der Waals surface area (Å²) in [6.45, 7) is 2.07. The van der Waals surface area contributed by atoms with Crippen LogP contribution in [0.1, 0.15) is 13.3 Å². The lowest BCUT2D eigenvalue weighted by atomic mass is 10.0. The van der Waals surface area contributed by atoms with Gasteiger partial charge in [0.1, 0.15) is 7.85 Å². The first-order valence-corrected chi connectivity index (χ1v) is 3.88. The number of halogens is 2. The molecule has 0 aliphatic heterocycles. The van der Waals surface area contributed by atoms with Crippen molar-refractivity contribution < 1.29 is 0 Å². The van der Waals surface area contributed by atoms with Crippen molar-refractivity contribution in [2.45, 2.75) is 14.7 Å². The molecule has 0 aliphatic carbocycles. The standard InChI is InChI=1S/C3H5BI2/c1-2-3(4,5)6/h2H2,1H3. The summed E-state index contributed by atoms with van der Waals surface area (Å²) in [6.07, 6.45) is 1.02. The Hall–Kier alpha value is 1.52. The molecule has 0 unspecified atom stereocenters. The van der Waals surface area contributed by atoms with Gasteiger partial charge in [0, 0.05) is 1.33 Å². The van der Waals surface area contributed by atoms with Crippen molar-refractivity contribution in [3.8, 4) is 0 Å². The van der Waals surface area contributed by atoms with Crippen molar-refractivity contribution in [3.05, 3.63) is 0 Å². The molecule has 0 saturated heterocycles. The molecule has 3 heteroatoms. The quantitative estimate of drug-likeness (QED) is 0.395. The molecule has 0 aromatic rings. The van der Waals surface area contributed by atoms with Gasteiger partial charge in [-0.05, 0) is 6.42 Å². The molecular weight excluding hydrogens is 301 g/mol. The van der Waals surface area contributed by atoms with Gasteiger partial charge in [0.15, 0.2) is 0 Å². The van der Waals surface area contributed by atoms with Crippen molar-refractivity contribution in [2.24, 2.45) is 0 Å². The molecule has 0 amide bonds. The van der Waals surface area contributed by atoms with Gasteiger partial charge < -0.3 is 0 Å². The zero-order valence-corrected chi connectivity index (χ0v) is 7.86. The van der Waals surface area contributed by atoms with Crippen LogP contribution in [0.3, 0.4) is 0 Å². The Bertz CT molecular complexity index is 38.5. The highest BCUT2D eigenvalue weighted by Crippen LogP contribution is 2.25. The maximum atomic E-state index is 5.51. The van der Waals surface area contributed by atoms with Gasteiger partial charge in [0.05, 0.1) is 0 Å². The lowest BCUT2D eigenvalue weighted by Crippen LogP contribution is -2.05. The average Bonchev–Trinajstić information content (AvgIpc) is 1.35. The van der Waals surface area contributed by atoms with Crippen LogP contribution in [0, 0.1) is 0 Å². The van der Waals surface area contributed by atoms with Crippen LogP contribution < -0.4 is 0 Å². The van der Waals surface area contributed by atoms with E-state index >= 15 is 0 Å². The Kier molecular flexibility index (Phi) is 3.44. The summed E-state index contributed by atoms with van der Waals surface area (Å²) in [5.74, 6) is 0. The molecule has 0 aromatic heterocycles. The molecule has 0 rings (SSSR count). The van der Waals surface area contributed by atoms with E-state index in [1.54, 1.807) is 0 Å². The minimum Gasteiger partial charge on any atom is -0.0783 e. The highest BCUT2D eigenvalue weighted by atomic mass is 127. The Balaban J connectivity index is 3.17. The largest absolute Gasteiger partial charge is 0.103 e. The van der Waals surface area contributed by atoms with E-state index in [0.717, 1.165) is 6.42 Å². The monoisotopic (exact) mass is 306 g/mol. The van der Waals surface area contributed by atoms with Gasteiger partial charge in [-0.15, -0.1) is 0 Å². The third-order valence-corrected chi connectivity index (χ3v) is 2.00. The maximum absolute atomic E-state index is 5.51. The molecular formula is C3H5BI2. The van der Waals surface area contributed by atoms with Crippen LogP contribution in [0.15, 0.2) is 0 Å². The average molecular weight is 306 g/mol. The van der Waals surface area contributed by atoms with Crippen molar-refractivity contribution in [1.29, 1.82) is 0 Å². The number of hydrogen-bond acceptors (Lipinski definition) is 0. The number of rotatable bonds is 1. The zero-order valence-electron chi connectivity index (χ0n) is 3.54. The van der Waals surface area contributed by atoms with E-state index in [0.29, 0.717) is 0 Å². The Morgan fingerprint density at radius 3 is 1.83 bits per heavy atom. The fourth-order valence-electron chi connectivity index (χ4n) is 0. The highest BCUT2D eigenvalue weighted by Gasteiger charge is 2.08. The predicted octanol–water partition coefficient (Wildman–Crippen LogP) is 2.09. The molecule has 0 bridgehead atoms. The van der Waals surface area contributed by atoms with E-state index in [1.165, 1.54) is 0 Å². The lowest BCUT2D eigenvalue weighted by molar-refractivity contribution is 1.05. The maximum Gasteiger partial charge on any atom is 0.103 e. The van der Waals surface area contributed by atoms with Gasteiger partial charge in [-0.2, -0.15) is 0 Å². The molecule has 2 radical (unpaired) electrons. The summed E-state index contributed by atoms with van der Waals surface area (Å²) in [5.41, 5.74) is 0. The SMILES string of the molecule is [B]C(I)(I)CC. The molecule has 0 aromatic carbocycles. The molecule has 0 aliphatic rings. The fourth-order valence-corrected chi connectivity index (χ4v) is 0. The second-order valence-corrected chi connectivity index (χ2v) is 7.03. The first-order chi connectivity index (χ1) is 2.56. The van der Waals surface area contributed by atoms with Crippen LogP contribution in [0.4, 0.5) is 0 Å². The van der Waals surface area contributed by atoms with Crippen LogP contribution in [-0.2, 0) is 0 Å². The van der Waals surface area contributed by atoms with E-state index < -0.39 is 0 Å². The van der Waals surface area contributed by atoms with E-state index in [9.17, 15) is 0 Å². The zero-order chi connectivity index (χ0) is 5.21. The minimum absolute atomic E-state index is 0.0183. The summed E-state index contributed by atoms with van der Waals surface area (Å²) in [5, 5.41) is 0. The third kappa shape index (κ3) is 5.52. The van der Waals surface area contributed by atoms with Crippen molar-refractivity contribution in [2.75, 3.05) is 0 Å². The van der Waals surface area contributed by atoms with Crippen LogP contribution in [0.5, 0.6) is 0 Å². The van der Waals surface area contributed by atoms with Gasteiger partial charge in [-0.1, -0.05) is 52.1 Å². The normalized spacial score (nSPS) is 11.8. The van der Waals surface area contributed by atoms with E-state index in [1.807, 2.05) is 0 Å². The van der Waals surface area contributed by atoms with Gasteiger partial charge in [0.2, 0.25) is 0 Å². The molecule has 0 nitrogen and oxygen atoms in total. The van der Waals surface area contributed by atoms with Crippen molar-refractivity contribution >= 4 is 53.0 Å². The molecule has 6 heavy (non-hydrogen) atoms. The van der Waals surface area contributed by atoms with Crippen LogP contribution in [0.2, 0.25) is 0 Å². The Morgan fingerprint density at radius 1 is 1.67 bits per heavy atom. The van der Waals surface area contributed by atoms with Gasteiger partial charge in [-0.25, -0.2) is 0 Å². The van der Waals surface area contributed by atoms with Crippen molar-refractivity contribution in [3.63, 3.8) is 0 Å². The first kappa shape index (κ1) is 7.52. The van der Waals surface area contributed by atoms with Gasteiger partial charge in [-0.3, -0.25) is 0 Å². The molecule has 0 fully saturated rings. The van der Waals surface area contributed by atoms with Crippen LogP contribution >= 0.6 is 45.2 Å². The number of alkyl halides is 2. The summed E-state index contributed by atoms with van der Waals surface area (Å²) in [7, 11) is 5.51. The molecule has 0 N–H and O–H groups in total. The van der Waals surface area contributed by atoms with E-state index in [-0.39, 0.29) is 1.33 Å². The van der Waals surface area contributed by atoms with Gasteiger partial charge >= 0.3 is 0 Å². The van der Waals surface area contributed by atoms with E-state index in [2.05, 4.69) is 52.1 Å². The third-order valence-electron chi connectivity index (χ3n) is 0.471. The van der Waals surface area contributed by atoms with Crippen LogP contribution in [0.25, 0.3) is 0 Å². The second kappa shape index (κ2) is 2.74. The lowest BCUT2D eigenvalue weighted by Gasteiger charge is -2.07. The van der Waals surface area contributed by atoms with Gasteiger partial charge in [0.25, 0.3) is 0 Å². The minimum atomic E-state index is -0.0183. The van der Waals surface area contributed by atoms with Crippen LogP contribution in [-0.4, -0.2) is 9.17 Å². The molecule has 34 valence electrons. The molecule has 0 spiro atoms. The van der Waals surface area contributed by atoms with Crippen molar-refractivity contribution in [1.82, 2.24) is 0 Å². The summed E-state index contributed by atoms with van der Waals surface area (Å²) in [4.78, 5) is 0. The number of hydrogen-bond donors (Lipinski definition) is 0. The highest BCUT2D eigenvalue weighted by molar-refractivity contribution is 14.2. The Labute approximate surface area is 67.1 Å². The predicted molar refractivity (Wildman–Crippen MR) is 46.8 cm³/mol. The summed E-state index contributed by atoms with van der Waals surface area (Å²) >= 11 is 4.41. The second-order valence-electron chi connectivity index (χ2n) is 1.11. The molecule has 0 heterocycles. The summed E-state index contributed by atoms with van der Waals surface area (Å²) in [6, 6.07) is 0. The fraction of sp³-hybridized carbons (Fsp3) is 1.00. The summed E-state index contributed by atoms with van der Waals surface area (Å²) < 4.78 is -0.0183. The first-order valence-electron chi connectivity index (χ1n) is 1.73. The molecule has 0 atom stereocenters. The Morgan fingerprint density at radius 2 is 1.83 bits per heavy atom. The molecule has 0 saturated carbocycles. The smallest absolute Gasteiger partial charge is 0.0783 e. The van der Waals surface area contributed by atoms with E-state index in [4.69, 9.17) is 7.85 Å². The topological polar surface area (TPSA) is 0 Å².